The second kappa shape index (κ2) is 3.59. The van der Waals surface area contributed by atoms with Gasteiger partial charge < -0.3 is 11.1 Å². The standard InChI is InChI=1S/C8H14N4S/c1-12-8(9)4-6(11-12)7-5-13-3-2-10-7/h4,7,10H,2-3,5,9H2,1H3. The van der Waals surface area contributed by atoms with Gasteiger partial charge in [0.15, 0.2) is 0 Å². The highest BCUT2D eigenvalue weighted by Crippen LogP contribution is 2.21. The number of nitrogen functional groups attached to an aromatic ring is 1. The maximum atomic E-state index is 5.71. The molecule has 1 saturated heterocycles. The van der Waals surface area contributed by atoms with E-state index in [1.165, 1.54) is 5.75 Å². The van der Waals surface area contributed by atoms with E-state index in [1.807, 2.05) is 24.9 Å². The van der Waals surface area contributed by atoms with Crippen LogP contribution in [0.3, 0.4) is 0 Å². The Balaban J connectivity index is 2.14. The minimum atomic E-state index is 0.377. The summed E-state index contributed by atoms with van der Waals surface area (Å²) in [5, 5.41) is 7.77. The molecular formula is C8H14N4S. The first kappa shape index (κ1) is 8.90. The zero-order valence-corrected chi connectivity index (χ0v) is 8.47. The number of nitrogens with two attached hydrogens (primary N) is 1. The molecule has 4 nitrogen and oxygen atoms in total. The van der Waals surface area contributed by atoms with Gasteiger partial charge in [0.05, 0.1) is 11.7 Å². The second-order valence-electron chi connectivity index (χ2n) is 3.20. The summed E-state index contributed by atoms with van der Waals surface area (Å²) in [4.78, 5) is 0. The molecule has 1 aromatic heterocycles. The van der Waals surface area contributed by atoms with Gasteiger partial charge in [-0.05, 0) is 0 Å². The summed E-state index contributed by atoms with van der Waals surface area (Å²) < 4.78 is 1.72. The smallest absolute Gasteiger partial charge is 0.121 e. The highest BCUT2D eigenvalue weighted by molar-refractivity contribution is 7.99. The van der Waals surface area contributed by atoms with E-state index < -0.39 is 0 Å². The third-order valence-corrected chi connectivity index (χ3v) is 3.28. The van der Waals surface area contributed by atoms with Crippen molar-refractivity contribution in [1.82, 2.24) is 15.1 Å². The molecule has 1 aromatic rings. The number of hydrogen-bond donors (Lipinski definition) is 2. The van der Waals surface area contributed by atoms with Crippen molar-refractivity contribution in [3.8, 4) is 0 Å². The summed E-state index contributed by atoms with van der Waals surface area (Å²) in [7, 11) is 1.87. The Morgan fingerprint density at radius 3 is 3.15 bits per heavy atom. The number of rotatable bonds is 1. The zero-order chi connectivity index (χ0) is 9.26. The molecule has 1 aliphatic rings. The fourth-order valence-corrected chi connectivity index (χ4v) is 2.38. The molecular weight excluding hydrogens is 184 g/mol. The van der Waals surface area contributed by atoms with Crippen LogP contribution < -0.4 is 11.1 Å². The van der Waals surface area contributed by atoms with Crippen molar-refractivity contribution >= 4 is 17.6 Å². The van der Waals surface area contributed by atoms with E-state index in [2.05, 4.69) is 10.4 Å². The normalized spacial score (nSPS) is 23.3. The number of thioether (sulfide) groups is 1. The second-order valence-corrected chi connectivity index (χ2v) is 4.35. The van der Waals surface area contributed by atoms with E-state index in [9.17, 15) is 0 Å². The fourth-order valence-electron chi connectivity index (χ4n) is 1.43. The highest BCUT2D eigenvalue weighted by Gasteiger charge is 2.17. The van der Waals surface area contributed by atoms with Crippen LogP contribution in [-0.4, -0.2) is 27.8 Å². The molecule has 2 heterocycles. The summed E-state index contributed by atoms with van der Waals surface area (Å²) in [5.74, 6) is 3.02. The minimum Gasteiger partial charge on any atom is -0.384 e. The first-order valence-electron chi connectivity index (χ1n) is 4.38. The Hall–Kier alpha value is -0.680. The van der Waals surface area contributed by atoms with Crippen LogP contribution in [0, 0.1) is 0 Å². The van der Waals surface area contributed by atoms with Crippen molar-refractivity contribution in [2.75, 3.05) is 23.8 Å². The lowest BCUT2D eigenvalue weighted by atomic mass is 10.2. The van der Waals surface area contributed by atoms with Crippen molar-refractivity contribution in [1.29, 1.82) is 0 Å². The van der Waals surface area contributed by atoms with E-state index in [-0.39, 0.29) is 0 Å². The van der Waals surface area contributed by atoms with Crippen LogP contribution >= 0.6 is 11.8 Å². The van der Waals surface area contributed by atoms with Gasteiger partial charge in [-0.3, -0.25) is 4.68 Å². The van der Waals surface area contributed by atoms with Gasteiger partial charge in [-0.1, -0.05) is 0 Å². The third kappa shape index (κ3) is 1.81. The van der Waals surface area contributed by atoms with Crippen molar-refractivity contribution in [3.63, 3.8) is 0 Å². The Bertz CT molecular complexity index is 271. The number of nitrogens with one attached hydrogen (secondary N) is 1. The van der Waals surface area contributed by atoms with Crippen LogP contribution in [0.25, 0.3) is 0 Å². The van der Waals surface area contributed by atoms with Crippen LogP contribution in [0.4, 0.5) is 5.82 Å². The summed E-state index contributed by atoms with van der Waals surface area (Å²) >= 11 is 1.96. The molecule has 0 saturated carbocycles. The van der Waals surface area contributed by atoms with Crippen LogP contribution in [0.1, 0.15) is 11.7 Å². The molecule has 0 aliphatic carbocycles. The van der Waals surface area contributed by atoms with Gasteiger partial charge in [0.2, 0.25) is 0 Å². The monoisotopic (exact) mass is 198 g/mol. The molecule has 1 fully saturated rings. The average Bonchev–Trinajstić information content (AvgIpc) is 2.49. The molecule has 13 heavy (non-hydrogen) atoms. The molecule has 0 spiro atoms. The predicted molar refractivity (Wildman–Crippen MR) is 55.7 cm³/mol. The SMILES string of the molecule is Cn1nc(C2CSCCN2)cc1N. The number of hydrogen-bond acceptors (Lipinski definition) is 4. The van der Waals surface area contributed by atoms with Gasteiger partial charge in [0.25, 0.3) is 0 Å². The molecule has 0 radical (unpaired) electrons. The lowest BCUT2D eigenvalue weighted by molar-refractivity contribution is 0.569. The number of aromatic nitrogens is 2. The van der Waals surface area contributed by atoms with Gasteiger partial charge in [0, 0.05) is 31.2 Å². The van der Waals surface area contributed by atoms with E-state index in [4.69, 9.17) is 5.73 Å². The Morgan fingerprint density at radius 1 is 1.77 bits per heavy atom. The first-order valence-corrected chi connectivity index (χ1v) is 5.53. The lowest BCUT2D eigenvalue weighted by Gasteiger charge is -2.20. The molecule has 5 heteroatoms. The van der Waals surface area contributed by atoms with Gasteiger partial charge in [-0.25, -0.2) is 0 Å². The molecule has 1 aliphatic heterocycles. The Kier molecular flexibility index (Phi) is 2.46. The number of anilines is 1. The Labute approximate surface area is 81.9 Å². The van der Waals surface area contributed by atoms with Gasteiger partial charge in [-0.15, -0.1) is 0 Å². The maximum Gasteiger partial charge on any atom is 0.121 e. The third-order valence-electron chi connectivity index (χ3n) is 2.21. The summed E-state index contributed by atoms with van der Waals surface area (Å²) in [6.45, 7) is 1.06. The van der Waals surface area contributed by atoms with E-state index >= 15 is 0 Å². The van der Waals surface area contributed by atoms with Gasteiger partial charge in [-0.2, -0.15) is 16.9 Å². The number of aryl methyl sites for hydroxylation is 1. The quantitative estimate of drug-likeness (QED) is 0.685. The number of nitrogens with zero attached hydrogens (tertiary/aromatic N) is 2. The summed E-state index contributed by atoms with van der Waals surface area (Å²) in [5.41, 5.74) is 6.78. The van der Waals surface area contributed by atoms with E-state index in [0.717, 1.165) is 23.8 Å². The molecule has 72 valence electrons. The van der Waals surface area contributed by atoms with Crippen LogP contribution in [-0.2, 0) is 7.05 Å². The van der Waals surface area contributed by atoms with Crippen molar-refractivity contribution in [3.05, 3.63) is 11.8 Å². The fraction of sp³-hybridized carbons (Fsp3) is 0.625. The maximum absolute atomic E-state index is 5.71. The molecule has 0 bridgehead atoms. The largest absolute Gasteiger partial charge is 0.384 e. The minimum absolute atomic E-state index is 0.377. The van der Waals surface area contributed by atoms with Crippen molar-refractivity contribution in [2.45, 2.75) is 6.04 Å². The molecule has 0 aromatic carbocycles. The first-order chi connectivity index (χ1) is 6.27. The van der Waals surface area contributed by atoms with Crippen molar-refractivity contribution < 1.29 is 0 Å². The highest BCUT2D eigenvalue weighted by atomic mass is 32.2. The van der Waals surface area contributed by atoms with Crippen LogP contribution in [0.2, 0.25) is 0 Å². The summed E-state index contributed by atoms with van der Waals surface area (Å²) in [6, 6.07) is 2.33. The van der Waals surface area contributed by atoms with E-state index in [1.54, 1.807) is 4.68 Å². The molecule has 1 unspecified atom stereocenters. The van der Waals surface area contributed by atoms with Crippen molar-refractivity contribution in [2.24, 2.45) is 7.05 Å². The van der Waals surface area contributed by atoms with Crippen LogP contribution in [0.5, 0.6) is 0 Å². The topological polar surface area (TPSA) is 55.9 Å². The molecule has 1 atom stereocenters. The van der Waals surface area contributed by atoms with Crippen LogP contribution in [0.15, 0.2) is 6.07 Å². The Morgan fingerprint density at radius 2 is 2.62 bits per heavy atom. The average molecular weight is 198 g/mol. The molecule has 0 amide bonds. The lowest BCUT2D eigenvalue weighted by Crippen LogP contribution is -2.30. The predicted octanol–water partition coefficient (Wildman–Crippen LogP) is 0.380. The molecule has 3 N–H and O–H groups in total. The molecule has 2 rings (SSSR count). The summed E-state index contributed by atoms with van der Waals surface area (Å²) in [6.07, 6.45) is 0. The van der Waals surface area contributed by atoms with Gasteiger partial charge in [0.1, 0.15) is 5.82 Å². The zero-order valence-electron chi connectivity index (χ0n) is 7.66. The van der Waals surface area contributed by atoms with E-state index in [0.29, 0.717) is 6.04 Å². The van der Waals surface area contributed by atoms with Gasteiger partial charge >= 0.3 is 0 Å².